The van der Waals surface area contributed by atoms with Gasteiger partial charge in [0.05, 0.1) is 5.39 Å². The largest absolute Gasteiger partial charge is 0.290 e. The van der Waals surface area contributed by atoms with Crippen molar-refractivity contribution in [3.05, 3.63) is 70.4 Å². The van der Waals surface area contributed by atoms with Crippen LogP contribution >= 0.6 is 11.8 Å². The highest BCUT2D eigenvalue weighted by atomic mass is 32.2. The first kappa shape index (κ1) is 18.6. The Morgan fingerprint density at radius 2 is 1.74 bits per heavy atom. The molecule has 2 aromatic carbocycles. The molecular weight excluding hydrogens is 371 g/mol. The Balaban J connectivity index is 1.53. The van der Waals surface area contributed by atoms with Crippen LogP contribution in [0.2, 0.25) is 0 Å². The van der Waals surface area contributed by atoms with E-state index in [1.54, 1.807) is 36.4 Å². The SMILES string of the molecule is O=C(CCSc1ccc(F)cc1)NNC(=O)c1n[nH]c(=O)c2ccccc12. The summed E-state index contributed by atoms with van der Waals surface area (Å²) in [6, 6.07) is 12.5. The summed E-state index contributed by atoms with van der Waals surface area (Å²) in [6.45, 7) is 0. The molecule has 27 heavy (non-hydrogen) atoms. The molecule has 0 aliphatic heterocycles. The molecule has 0 fully saturated rings. The molecule has 2 amide bonds. The van der Waals surface area contributed by atoms with Crippen LogP contribution in [0.1, 0.15) is 16.9 Å². The molecular formula is C18H15FN4O3S. The monoisotopic (exact) mass is 386 g/mol. The number of carbonyl (C=O) groups excluding carboxylic acids is 2. The van der Waals surface area contributed by atoms with Gasteiger partial charge in [-0.25, -0.2) is 9.49 Å². The predicted molar refractivity (Wildman–Crippen MR) is 99.7 cm³/mol. The van der Waals surface area contributed by atoms with Crippen LogP contribution in [0.5, 0.6) is 0 Å². The molecule has 1 heterocycles. The third kappa shape index (κ3) is 4.70. The number of rotatable bonds is 5. The number of fused-ring (bicyclic) bond motifs is 1. The number of hydrazine groups is 1. The molecule has 0 radical (unpaired) electrons. The summed E-state index contributed by atoms with van der Waals surface area (Å²) in [5.74, 6) is -0.871. The lowest BCUT2D eigenvalue weighted by Gasteiger charge is -2.08. The zero-order chi connectivity index (χ0) is 19.2. The smallest absolute Gasteiger partial charge is 0.273 e. The van der Waals surface area contributed by atoms with E-state index in [2.05, 4.69) is 21.0 Å². The molecule has 7 nitrogen and oxygen atoms in total. The van der Waals surface area contributed by atoms with E-state index in [9.17, 15) is 18.8 Å². The summed E-state index contributed by atoms with van der Waals surface area (Å²) in [4.78, 5) is 36.7. The molecule has 0 bridgehead atoms. The van der Waals surface area contributed by atoms with Crippen LogP contribution in [-0.4, -0.2) is 27.8 Å². The second-order valence-electron chi connectivity index (χ2n) is 5.50. The van der Waals surface area contributed by atoms with Crippen molar-refractivity contribution in [2.75, 3.05) is 5.75 Å². The Morgan fingerprint density at radius 1 is 1.04 bits per heavy atom. The molecule has 3 N–H and O–H groups in total. The van der Waals surface area contributed by atoms with Crippen molar-refractivity contribution in [2.24, 2.45) is 0 Å². The van der Waals surface area contributed by atoms with Gasteiger partial charge in [-0.1, -0.05) is 18.2 Å². The number of carbonyl (C=O) groups is 2. The number of benzene rings is 2. The summed E-state index contributed by atoms with van der Waals surface area (Å²) in [6.07, 6.45) is 0.155. The van der Waals surface area contributed by atoms with Crippen LogP contribution in [0.15, 0.2) is 58.2 Å². The van der Waals surface area contributed by atoms with Crippen LogP contribution in [-0.2, 0) is 4.79 Å². The number of nitrogens with one attached hydrogen (secondary N) is 3. The molecule has 138 valence electrons. The zero-order valence-electron chi connectivity index (χ0n) is 14.0. The maximum atomic E-state index is 12.8. The second-order valence-corrected chi connectivity index (χ2v) is 6.67. The molecule has 9 heteroatoms. The van der Waals surface area contributed by atoms with Crippen molar-refractivity contribution in [3.63, 3.8) is 0 Å². The average molecular weight is 386 g/mol. The minimum atomic E-state index is -0.637. The Bertz CT molecular complexity index is 1040. The van der Waals surface area contributed by atoms with Gasteiger partial charge >= 0.3 is 0 Å². The van der Waals surface area contributed by atoms with Crippen LogP contribution in [0.4, 0.5) is 4.39 Å². The molecule has 0 aliphatic carbocycles. The summed E-state index contributed by atoms with van der Waals surface area (Å²) < 4.78 is 12.8. The molecule has 3 rings (SSSR count). The first-order chi connectivity index (χ1) is 13.0. The van der Waals surface area contributed by atoms with E-state index in [4.69, 9.17) is 0 Å². The first-order valence-corrected chi connectivity index (χ1v) is 8.98. The predicted octanol–water partition coefficient (Wildman–Crippen LogP) is 2.01. The van der Waals surface area contributed by atoms with E-state index in [1.165, 1.54) is 23.9 Å². The van der Waals surface area contributed by atoms with E-state index >= 15 is 0 Å². The minimum Gasteiger partial charge on any atom is -0.273 e. The van der Waals surface area contributed by atoms with Crippen LogP contribution in [0.25, 0.3) is 10.8 Å². The van der Waals surface area contributed by atoms with Gasteiger partial charge in [-0.05, 0) is 30.3 Å². The van der Waals surface area contributed by atoms with Gasteiger partial charge < -0.3 is 0 Å². The number of hydrogen-bond acceptors (Lipinski definition) is 5. The lowest BCUT2D eigenvalue weighted by molar-refractivity contribution is -0.121. The highest BCUT2D eigenvalue weighted by molar-refractivity contribution is 7.99. The summed E-state index contributed by atoms with van der Waals surface area (Å²) >= 11 is 1.40. The van der Waals surface area contributed by atoms with Crippen LogP contribution < -0.4 is 16.4 Å². The molecule has 0 saturated heterocycles. The highest BCUT2D eigenvalue weighted by Crippen LogP contribution is 2.18. The Morgan fingerprint density at radius 3 is 2.48 bits per heavy atom. The topological polar surface area (TPSA) is 104 Å². The molecule has 1 aromatic heterocycles. The Labute approximate surface area is 157 Å². The highest BCUT2D eigenvalue weighted by Gasteiger charge is 2.14. The Hall–Kier alpha value is -3.20. The summed E-state index contributed by atoms with van der Waals surface area (Å²) in [5.41, 5.74) is 4.20. The number of aromatic amines is 1. The van der Waals surface area contributed by atoms with E-state index < -0.39 is 11.5 Å². The van der Waals surface area contributed by atoms with Crippen molar-refractivity contribution in [3.8, 4) is 0 Å². The van der Waals surface area contributed by atoms with E-state index in [0.717, 1.165) is 4.90 Å². The minimum absolute atomic E-state index is 0.00573. The van der Waals surface area contributed by atoms with Gasteiger partial charge in [0, 0.05) is 22.5 Å². The summed E-state index contributed by atoms with van der Waals surface area (Å²) in [7, 11) is 0. The molecule has 0 spiro atoms. The van der Waals surface area contributed by atoms with Crippen molar-refractivity contribution in [2.45, 2.75) is 11.3 Å². The number of halogens is 1. The number of hydrogen-bond donors (Lipinski definition) is 3. The van der Waals surface area contributed by atoms with Crippen molar-refractivity contribution in [1.29, 1.82) is 0 Å². The number of H-pyrrole nitrogens is 1. The van der Waals surface area contributed by atoms with Crippen LogP contribution in [0.3, 0.4) is 0 Å². The third-order valence-corrected chi connectivity index (χ3v) is 4.65. The average Bonchev–Trinajstić information content (AvgIpc) is 2.68. The van der Waals surface area contributed by atoms with Crippen molar-refractivity contribution in [1.82, 2.24) is 21.0 Å². The number of nitrogens with zero attached hydrogens (tertiary/aromatic N) is 1. The van der Waals surface area contributed by atoms with Crippen LogP contribution in [0, 0.1) is 5.82 Å². The molecule has 3 aromatic rings. The quantitative estimate of drug-likeness (QED) is 0.460. The normalized spacial score (nSPS) is 10.6. The molecule has 0 saturated carbocycles. The maximum Gasteiger partial charge on any atom is 0.290 e. The second kappa shape index (κ2) is 8.45. The molecule has 0 atom stereocenters. The maximum absolute atomic E-state index is 12.8. The van der Waals surface area contributed by atoms with Crippen molar-refractivity contribution < 1.29 is 14.0 Å². The lowest BCUT2D eigenvalue weighted by Crippen LogP contribution is -2.42. The Kier molecular flexibility index (Phi) is 5.82. The zero-order valence-corrected chi connectivity index (χ0v) is 14.8. The number of amides is 2. The van der Waals surface area contributed by atoms with Crippen molar-refractivity contribution >= 4 is 34.3 Å². The van der Waals surface area contributed by atoms with Gasteiger partial charge in [-0.3, -0.25) is 25.2 Å². The molecule has 0 aliphatic rings. The van der Waals surface area contributed by atoms with Gasteiger partial charge in [-0.15, -0.1) is 11.8 Å². The third-order valence-electron chi connectivity index (χ3n) is 3.64. The van der Waals surface area contributed by atoms with E-state index in [1.807, 2.05) is 0 Å². The lowest BCUT2D eigenvalue weighted by atomic mass is 10.1. The summed E-state index contributed by atoms with van der Waals surface area (Å²) in [5, 5.41) is 6.74. The van der Waals surface area contributed by atoms with Gasteiger partial charge in [0.25, 0.3) is 11.5 Å². The van der Waals surface area contributed by atoms with E-state index in [0.29, 0.717) is 16.5 Å². The number of aromatic nitrogens is 2. The van der Waals surface area contributed by atoms with Gasteiger partial charge in [0.2, 0.25) is 5.91 Å². The van der Waals surface area contributed by atoms with Gasteiger partial charge in [0.1, 0.15) is 5.82 Å². The standard InChI is InChI=1S/C18H15FN4O3S/c19-11-5-7-12(8-6-11)27-10-9-15(24)20-23-18(26)16-13-3-1-2-4-14(13)17(25)22-21-16/h1-8H,9-10H2,(H,20,24)(H,22,25)(H,23,26). The van der Waals surface area contributed by atoms with Gasteiger partial charge in [-0.2, -0.15) is 5.10 Å². The number of thioether (sulfide) groups is 1. The molecule has 0 unspecified atom stereocenters. The van der Waals surface area contributed by atoms with Gasteiger partial charge in [0.15, 0.2) is 5.69 Å². The fourth-order valence-corrected chi connectivity index (χ4v) is 3.18. The fourth-order valence-electron chi connectivity index (χ4n) is 2.33. The first-order valence-electron chi connectivity index (χ1n) is 7.99. The fraction of sp³-hybridized carbons (Fsp3) is 0.111. The van der Waals surface area contributed by atoms with E-state index in [-0.39, 0.29) is 23.8 Å².